The van der Waals surface area contributed by atoms with Crippen molar-refractivity contribution >= 4 is 40.3 Å². The van der Waals surface area contributed by atoms with Crippen LogP contribution in [0.3, 0.4) is 0 Å². The average Bonchev–Trinajstić information content (AvgIpc) is 2.21. The van der Waals surface area contributed by atoms with Gasteiger partial charge in [-0.15, -0.1) is 0 Å². The average molecular weight is 270 g/mol. The van der Waals surface area contributed by atoms with E-state index in [0.717, 1.165) is 11.4 Å². The Morgan fingerprint density at radius 3 is 1.24 bits per heavy atom. The molecule has 0 spiro atoms. The molecule has 5 heteroatoms. The molecule has 0 aromatic heterocycles. The highest BCUT2D eigenvalue weighted by atomic mass is 35.5. The van der Waals surface area contributed by atoms with Gasteiger partial charge in [0.25, 0.3) is 0 Å². The van der Waals surface area contributed by atoms with Crippen LogP contribution in [-0.4, -0.2) is 0 Å². The first-order valence-corrected chi connectivity index (χ1v) is 5.55. The van der Waals surface area contributed by atoms with E-state index in [0.29, 0.717) is 15.7 Å². The van der Waals surface area contributed by atoms with Gasteiger partial charge in [0.05, 0.1) is 0 Å². The van der Waals surface area contributed by atoms with Crippen molar-refractivity contribution in [1.29, 1.82) is 0 Å². The molecule has 0 aliphatic rings. The second-order valence-electron chi connectivity index (χ2n) is 3.37. The molecule has 0 fully saturated rings. The van der Waals surface area contributed by atoms with E-state index < -0.39 is 0 Å². The van der Waals surface area contributed by atoms with E-state index >= 15 is 0 Å². The first kappa shape index (κ1) is 13.5. The summed E-state index contributed by atoms with van der Waals surface area (Å²) in [6.07, 6.45) is 0. The molecular formula is C12H13Cl2N3. The molecule has 0 saturated heterocycles. The Labute approximate surface area is 110 Å². The lowest BCUT2D eigenvalue weighted by atomic mass is 10.3. The molecule has 2 aromatic carbocycles. The van der Waals surface area contributed by atoms with Gasteiger partial charge < -0.3 is 17.2 Å². The molecule has 0 saturated carbocycles. The van der Waals surface area contributed by atoms with E-state index in [2.05, 4.69) is 0 Å². The molecule has 0 atom stereocenters. The van der Waals surface area contributed by atoms with E-state index in [1.165, 1.54) is 0 Å². The standard InChI is InChI=1S/C6H5Cl2N.C6H8N2/c7-4-1-5(8)3-6(9)2-4;7-5-1-2-6(8)4-3-5/h1-3H,9H2;1-4H,7-8H2. The van der Waals surface area contributed by atoms with Gasteiger partial charge in [0, 0.05) is 27.1 Å². The number of halogens is 2. The van der Waals surface area contributed by atoms with Crippen LogP contribution in [0.2, 0.25) is 10.0 Å². The molecule has 0 radical (unpaired) electrons. The maximum Gasteiger partial charge on any atom is 0.0441 e. The molecule has 6 N–H and O–H groups in total. The molecule has 0 heterocycles. The van der Waals surface area contributed by atoms with E-state index in [-0.39, 0.29) is 0 Å². The summed E-state index contributed by atoms with van der Waals surface area (Å²) in [4.78, 5) is 0. The molecule has 0 amide bonds. The van der Waals surface area contributed by atoms with Crippen molar-refractivity contribution in [3.63, 3.8) is 0 Å². The van der Waals surface area contributed by atoms with Gasteiger partial charge in [-0.1, -0.05) is 23.2 Å². The monoisotopic (exact) mass is 269 g/mol. The maximum atomic E-state index is 5.59. The Balaban J connectivity index is 0.000000171. The SMILES string of the molecule is Nc1cc(Cl)cc(Cl)c1.Nc1ccc(N)cc1. The van der Waals surface area contributed by atoms with Crippen LogP contribution >= 0.6 is 23.2 Å². The molecule has 17 heavy (non-hydrogen) atoms. The summed E-state index contributed by atoms with van der Waals surface area (Å²) in [5.41, 5.74) is 18.2. The Morgan fingerprint density at radius 2 is 0.941 bits per heavy atom. The van der Waals surface area contributed by atoms with E-state index in [4.69, 9.17) is 40.4 Å². The summed E-state index contributed by atoms with van der Waals surface area (Å²) >= 11 is 11.2. The summed E-state index contributed by atoms with van der Waals surface area (Å²) < 4.78 is 0. The van der Waals surface area contributed by atoms with Crippen molar-refractivity contribution in [3.05, 3.63) is 52.5 Å². The quantitative estimate of drug-likeness (QED) is 0.642. The number of hydrogen-bond donors (Lipinski definition) is 3. The third-order valence-electron chi connectivity index (χ3n) is 1.82. The third kappa shape index (κ3) is 5.33. The number of hydrogen-bond acceptors (Lipinski definition) is 3. The molecule has 0 aliphatic heterocycles. The highest BCUT2D eigenvalue weighted by Gasteiger charge is 1.91. The van der Waals surface area contributed by atoms with Gasteiger partial charge in [0.1, 0.15) is 0 Å². The number of anilines is 3. The smallest absolute Gasteiger partial charge is 0.0441 e. The summed E-state index contributed by atoms with van der Waals surface area (Å²) in [6, 6.07) is 12.0. The molecular weight excluding hydrogens is 257 g/mol. The van der Waals surface area contributed by atoms with Gasteiger partial charge >= 0.3 is 0 Å². The van der Waals surface area contributed by atoms with Crippen LogP contribution in [-0.2, 0) is 0 Å². The fourth-order valence-electron chi connectivity index (χ4n) is 1.07. The summed E-state index contributed by atoms with van der Waals surface area (Å²) in [5, 5.41) is 1.14. The van der Waals surface area contributed by atoms with E-state index in [9.17, 15) is 0 Å². The van der Waals surface area contributed by atoms with Gasteiger partial charge in [-0.05, 0) is 42.5 Å². The minimum atomic E-state index is 0.569. The lowest BCUT2D eigenvalue weighted by molar-refractivity contribution is 1.67. The van der Waals surface area contributed by atoms with Crippen molar-refractivity contribution in [2.24, 2.45) is 0 Å². The van der Waals surface area contributed by atoms with Crippen molar-refractivity contribution in [2.75, 3.05) is 17.2 Å². The van der Waals surface area contributed by atoms with Crippen molar-refractivity contribution in [1.82, 2.24) is 0 Å². The zero-order valence-corrected chi connectivity index (χ0v) is 10.5. The molecule has 0 aliphatic carbocycles. The summed E-state index contributed by atoms with van der Waals surface area (Å²) in [7, 11) is 0. The number of rotatable bonds is 0. The van der Waals surface area contributed by atoms with Crippen LogP contribution in [0.25, 0.3) is 0 Å². The topological polar surface area (TPSA) is 78.1 Å². The van der Waals surface area contributed by atoms with Crippen molar-refractivity contribution < 1.29 is 0 Å². The van der Waals surface area contributed by atoms with Crippen LogP contribution in [0.5, 0.6) is 0 Å². The first-order chi connectivity index (χ1) is 7.97. The Kier molecular flexibility index (Phi) is 4.94. The van der Waals surface area contributed by atoms with Crippen molar-refractivity contribution in [3.8, 4) is 0 Å². The van der Waals surface area contributed by atoms with Crippen LogP contribution in [0, 0.1) is 0 Å². The molecule has 3 nitrogen and oxygen atoms in total. The lowest BCUT2D eigenvalue weighted by Gasteiger charge is -1.93. The Hall–Kier alpha value is -1.58. The minimum absolute atomic E-state index is 0.569. The predicted molar refractivity (Wildman–Crippen MR) is 76.1 cm³/mol. The van der Waals surface area contributed by atoms with Gasteiger partial charge in [-0.2, -0.15) is 0 Å². The van der Waals surface area contributed by atoms with Crippen LogP contribution in [0.4, 0.5) is 17.1 Å². The van der Waals surface area contributed by atoms with Crippen LogP contribution in [0.1, 0.15) is 0 Å². The largest absolute Gasteiger partial charge is 0.399 e. The number of nitrogens with two attached hydrogens (primary N) is 3. The third-order valence-corrected chi connectivity index (χ3v) is 2.26. The molecule has 0 unspecified atom stereocenters. The van der Waals surface area contributed by atoms with Crippen LogP contribution < -0.4 is 17.2 Å². The van der Waals surface area contributed by atoms with E-state index in [1.54, 1.807) is 42.5 Å². The second kappa shape index (κ2) is 6.23. The van der Waals surface area contributed by atoms with Crippen molar-refractivity contribution in [2.45, 2.75) is 0 Å². The minimum Gasteiger partial charge on any atom is -0.399 e. The van der Waals surface area contributed by atoms with Gasteiger partial charge in [-0.3, -0.25) is 0 Å². The van der Waals surface area contributed by atoms with Gasteiger partial charge in [-0.25, -0.2) is 0 Å². The lowest BCUT2D eigenvalue weighted by Crippen LogP contribution is -1.86. The predicted octanol–water partition coefficient (Wildman–Crippen LogP) is 3.43. The highest BCUT2D eigenvalue weighted by molar-refractivity contribution is 6.35. The van der Waals surface area contributed by atoms with Crippen LogP contribution in [0.15, 0.2) is 42.5 Å². The van der Waals surface area contributed by atoms with Gasteiger partial charge in [0.2, 0.25) is 0 Å². The molecule has 2 rings (SSSR count). The maximum absolute atomic E-state index is 5.59. The summed E-state index contributed by atoms with van der Waals surface area (Å²) in [5.74, 6) is 0. The number of benzene rings is 2. The fraction of sp³-hybridized carbons (Fsp3) is 0. The first-order valence-electron chi connectivity index (χ1n) is 4.80. The summed E-state index contributed by atoms with van der Waals surface area (Å²) in [6.45, 7) is 0. The molecule has 90 valence electrons. The van der Waals surface area contributed by atoms with E-state index in [1.807, 2.05) is 0 Å². The zero-order chi connectivity index (χ0) is 12.8. The number of nitrogen functional groups attached to an aromatic ring is 3. The Bertz CT molecular complexity index is 412. The molecule has 0 bridgehead atoms. The highest BCUT2D eigenvalue weighted by Crippen LogP contribution is 2.19. The molecule has 2 aromatic rings. The Morgan fingerprint density at radius 1 is 0.588 bits per heavy atom. The van der Waals surface area contributed by atoms with Gasteiger partial charge in [0.15, 0.2) is 0 Å². The zero-order valence-electron chi connectivity index (χ0n) is 9.03. The fourth-order valence-corrected chi connectivity index (χ4v) is 1.61. The second-order valence-corrected chi connectivity index (χ2v) is 4.24. The normalized spacial score (nSPS) is 9.29.